The maximum absolute atomic E-state index is 9.58. The van der Waals surface area contributed by atoms with Gasteiger partial charge in [-0.15, -0.1) is 0 Å². The Hall–Kier alpha value is 0.270. The monoisotopic (exact) mass is 187 g/mol. The second-order valence-corrected chi connectivity index (χ2v) is 4.98. The molecule has 70 valence electrons. The summed E-state index contributed by atoms with van der Waals surface area (Å²) in [5.74, 6) is 2.53. The first-order chi connectivity index (χ1) is 5.86. The highest BCUT2D eigenvalue weighted by atomic mass is 32.2. The Morgan fingerprint density at radius 3 is 2.75 bits per heavy atom. The molecule has 0 amide bonds. The molecule has 0 spiro atoms. The van der Waals surface area contributed by atoms with Gasteiger partial charge in [-0.3, -0.25) is 0 Å². The van der Waals surface area contributed by atoms with Crippen LogP contribution in [0, 0.1) is 0 Å². The van der Waals surface area contributed by atoms with Crippen LogP contribution in [0.1, 0.15) is 25.7 Å². The first-order valence-corrected chi connectivity index (χ1v) is 6.03. The quantitative estimate of drug-likeness (QED) is 0.676. The van der Waals surface area contributed by atoms with Crippen molar-refractivity contribution in [1.29, 1.82) is 0 Å². The fourth-order valence-corrected chi connectivity index (χ4v) is 3.27. The van der Waals surface area contributed by atoms with Crippen molar-refractivity contribution in [2.75, 3.05) is 11.5 Å². The number of nitrogens with one attached hydrogen (secondary N) is 1. The zero-order chi connectivity index (χ0) is 8.39. The van der Waals surface area contributed by atoms with Gasteiger partial charge >= 0.3 is 0 Å². The van der Waals surface area contributed by atoms with E-state index in [1.807, 2.05) is 11.8 Å². The predicted molar refractivity (Wildman–Crippen MR) is 52.5 cm³/mol. The molecule has 1 aliphatic heterocycles. The molecule has 0 bridgehead atoms. The fourth-order valence-electron chi connectivity index (χ4n) is 2.10. The van der Waals surface area contributed by atoms with E-state index in [0.717, 1.165) is 6.42 Å². The predicted octanol–water partition coefficient (Wildman–Crippen LogP) is 0.995. The minimum Gasteiger partial charge on any atom is -0.392 e. The minimum absolute atomic E-state index is 0.0735. The molecule has 0 aromatic rings. The van der Waals surface area contributed by atoms with Crippen LogP contribution in [0.25, 0.3) is 0 Å². The Morgan fingerprint density at radius 2 is 2.17 bits per heavy atom. The van der Waals surface area contributed by atoms with Gasteiger partial charge in [0, 0.05) is 17.8 Å². The van der Waals surface area contributed by atoms with Crippen molar-refractivity contribution in [1.82, 2.24) is 5.32 Å². The smallest absolute Gasteiger partial charge is 0.0693 e. The molecule has 1 saturated heterocycles. The van der Waals surface area contributed by atoms with Gasteiger partial charge in [0.05, 0.1) is 6.10 Å². The zero-order valence-corrected chi connectivity index (χ0v) is 8.15. The lowest BCUT2D eigenvalue weighted by Crippen LogP contribution is -2.42. The van der Waals surface area contributed by atoms with Crippen molar-refractivity contribution in [2.24, 2.45) is 0 Å². The van der Waals surface area contributed by atoms with Gasteiger partial charge in [-0.2, -0.15) is 11.8 Å². The zero-order valence-electron chi connectivity index (χ0n) is 7.33. The van der Waals surface area contributed by atoms with Crippen LogP contribution in [-0.2, 0) is 0 Å². The van der Waals surface area contributed by atoms with Crippen molar-refractivity contribution in [2.45, 2.75) is 43.9 Å². The van der Waals surface area contributed by atoms with Gasteiger partial charge in [0.15, 0.2) is 0 Å². The molecule has 0 radical (unpaired) electrons. The van der Waals surface area contributed by atoms with Crippen LogP contribution < -0.4 is 5.32 Å². The average molecular weight is 187 g/mol. The Labute approximate surface area is 78.1 Å². The number of thioether (sulfide) groups is 1. The van der Waals surface area contributed by atoms with Crippen LogP contribution in [0.4, 0.5) is 0 Å². The molecular formula is C9H17NOS. The van der Waals surface area contributed by atoms with E-state index >= 15 is 0 Å². The summed E-state index contributed by atoms with van der Waals surface area (Å²) in [5.41, 5.74) is 0. The number of rotatable bonds is 2. The van der Waals surface area contributed by atoms with Crippen LogP contribution in [0.2, 0.25) is 0 Å². The van der Waals surface area contributed by atoms with E-state index in [9.17, 15) is 5.11 Å². The van der Waals surface area contributed by atoms with Gasteiger partial charge in [-0.1, -0.05) is 0 Å². The summed E-state index contributed by atoms with van der Waals surface area (Å²) in [7, 11) is 0. The van der Waals surface area contributed by atoms with Crippen LogP contribution in [0.3, 0.4) is 0 Å². The molecule has 2 N–H and O–H groups in total. The van der Waals surface area contributed by atoms with Crippen molar-refractivity contribution < 1.29 is 5.11 Å². The van der Waals surface area contributed by atoms with Crippen LogP contribution >= 0.6 is 11.8 Å². The summed E-state index contributed by atoms with van der Waals surface area (Å²) in [4.78, 5) is 0. The summed E-state index contributed by atoms with van der Waals surface area (Å²) >= 11 is 2.02. The van der Waals surface area contributed by atoms with E-state index in [0.29, 0.717) is 12.1 Å². The third-order valence-electron chi connectivity index (χ3n) is 2.86. The van der Waals surface area contributed by atoms with Crippen molar-refractivity contribution in [3.8, 4) is 0 Å². The standard InChI is InChI=1S/C9H17NOS/c11-9-3-1-2-8(9)10-7-4-5-12-6-7/h7-11H,1-6H2. The largest absolute Gasteiger partial charge is 0.392 e. The molecule has 1 aliphatic carbocycles. The van der Waals surface area contributed by atoms with E-state index in [2.05, 4.69) is 5.32 Å². The summed E-state index contributed by atoms with van der Waals surface area (Å²) < 4.78 is 0. The maximum atomic E-state index is 9.58. The molecule has 1 saturated carbocycles. The first kappa shape index (κ1) is 8.85. The summed E-state index contributed by atoms with van der Waals surface area (Å²) in [6.07, 6.45) is 4.57. The van der Waals surface area contributed by atoms with E-state index < -0.39 is 0 Å². The SMILES string of the molecule is OC1CCCC1NC1CCSC1. The van der Waals surface area contributed by atoms with Gasteiger partial charge in [0.25, 0.3) is 0 Å². The van der Waals surface area contributed by atoms with Gasteiger partial charge in [0.1, 0.15) is 0 Å². The molecule has 3 heteroatoms. The average Bonchev–Trinajstić information content (AvgIpc) is 2.65. The molecule has 2 aliphatic rings. The van der Waals surface area contributed by atoms with Gasteiger partial charge in [-0.05, 0) is 31.4 Å². The second-order valence-electron chi connectivity index (χ2n) is 3.83. The number of aliphatic hydroxyl groups excluding tert-OH is 1. The Balaban J connectivity index is 1.77. The van der Waals surface area contributed by atoms with Crippen LogP contribution in [0.5, 0.6) is 0 Å². The van der Waals surface area contributed by atoms with Gasteiger partial charge < -0.3 is 10.4 Å². The first-order valence-electron chi connectivity index (χ1n) is 4.88. The van der Waals surface area contributed by atoms with E-state index in [-0.39, 0.29) is 6.10 Å². The van der Waals surface area contributed by atoms with E-state index in [1.165, 1.54) is 30.8 Å². The lowest BCUT2D eigenvalue weighted by Gasteiger charge is -2.20. The third-order valence-corrected chi connectivity index (χ3v) is 4.02. The summed E-state index contributed by atoms with van der Waals surface area (Å²) in [6, 6.07) is 1.07. The second kappa shape index (κ2) is 3.99. The molecule has 2 rings (SSSR count). The molecule has 12 heavy (non-hydrogen) atoms. The van der Waals surface area contributed by atoms with E-state index in [1.54, 1.807) is 0 Å². The lowest BCUT2D eigenvalue weighted by molar-refractivity contribution is 0.144. The highest BCUT2D eigenvalue weighted by molar-refractivity contribution is 7.99. The third kappa shape index (κ3) is 1.95. The molecule has 3 atom stereocenters. The van der Waals surface area contributed by atoms with Crippen molar-refractivity contribution in [3.05, 3.63) is 0 Å². The molecule has 2 fully saturated rings. The van der Waals surface area contributed by atoms with E-state index in [4.69, 9.17) is 0 Å². The molecular weight excluding hydrogens is 170 g/mol. The number of hydrogen-bond acceptors (Lipinski definition) is 3. The highest BCUT2D eigenvalue weighted by Crippen LogP contribution is 2.23. The van der Waals surface area contributed by atoms with Crippen molar-refractivity contribution >= 4 is 11.8 Å². The summed E-state index contributed by atoms with van der Waals surface area (Å²) in [5, 5.41) is 13.1. The van der Waals surface area contributed by atoms with Gasteiger partial charge in [0.2, 0.25) is 0 Å². The number of aliphatic hydroxyl groups is 1. The molecule has 3 unspecified atom stereocenters. The maximum Gasteiger partial charge on any atom is 0.0693 e. The minimum atomic E-state index is -0.0735. The van der Waals surface area contributed by atoms with Crippen molar-refractivity contribution in [3.63, 3.8) is 0 Å². The Morgan fingerprint density at radius 1 is 1.25 bits per heavy atom. The Bertz CT molecular complexity index is 147. The molecule has 2 nitrogen and oxygen atoms in total. The molecule has 0 aromatic carbocycles. The van der Waals surface area contributed by atoms with Crippen LogP contribution in [0.15, 0.2) is 0 Å². The molecule has 0 aromatic heterocycles. The number of hydrogen-bond donors (Lipinski definition) is 2. The highest BCUT2D eigenvalue weighted by Gasteiger charge is 2.28. The van der Waals surface area contributed by atoms with Gasteiger partial charge in [-0.25, -0.2) is 0 Å². The fraction of sp³-hybridized carbons (Fsp3) is 1.00. The lowest BCUT2D eigenvalue weighted by atomic mass is 10.1. The normalized spacial score (nSPS) is 42.2. The molecule has 1 heterocycles. The Kier molecular flexibility index (Phi) is 2.94. The topological polar surface area (TPSA) is 32.3 Å². The van der Waals surface area contributed by atoms with Crippen LogP contribution in [-0.4, -0.2) is 34.8 Å². The summed E-state index contributed by atoms with van der Waals surface area (Å²) in [6.45, 7) is 0.